The van der Waals surface area contributed by atoms with E-state index in [0.29, 0.717) is 18.1 Å². The number of oxazole rings is 1. The van der Waals surface area contributed by atoms with Gasteiger partial charge in [-0.05, 0) is 32.0 Å². The van der Waals surface area contributed by atoms with Crippen LogP contribution in [0.15, 0.2) is 41.4 Å². The number of hydrogen-bond acceptors (Lipinski definition) is 6. The largest absolute Gasteiger partial charge is 0.444 e. The third-order valence-corrected chi connectivity index (χ3v) is 4.30. The summed E-state index contributed by atoms with van der Waals surface area (Å²) in [6.45, 7) is 2.54. The average molecular weight is 322 g/mol. The fraction of sp³-hybridized carbons (Fsp3) is 0.333. The molecule has 0 unspecified atom stereocenters. The summed E-state index contributed by atoms with van der Waals surface area (Å²) in [6.07, 6.45) is 7.49. The summed E-state index contributed by atoms with van der Waals surface area (Å²) >= 11 is 0. The van der Waals surface area contributed by atoms with E-state index in [0.717, 1.165) is 29.6 Å². The quantitative estimate of drug-likeness (QED) is 0.718. The monoisotopic (exact) mass is 322 g/mol. The van der Waals surface area contributed by atoms with Crippen LogP contribution in [0.4, 0.5) is 0 Å². The van der Waals surface area contributed by atoms with Crippen LogP contribution in [-0.4, -0.2) is 45.3 Å². The first kappa shape index (κ1) is 15.0. The zero-order valence-electron chi connectivity index (χ0n) is 13.3. The molecule has 0 radical (unpaired) electrons. The van der Waals surface area contributed by atoms with Gasteiger partial charge in [0.1, 0.15) is 5.82 Å². The first-order chi connectivity index (χ1) is 11.8. The van der Waals surface area contributed by atoms with E-state index in [1.165, 1.54) is 19.2 Å². The summed E-state index contributed by atoms with van der Waals surface area (Å²) in [5.74, 6) is 1.44. The molecule has 1 aromatic carbocycles. The number of nitrogens with zero attached hydrogens (tertiary/aromatic N) is 4. The Hall–Kier alpha value is -2.60. The van der Waals surface area contributed by atoms with Crippen molar-refractivity contribution >= 4 is 16.7 Å². The van der Waals surface area contributed by atoms with E-state index < -0.39 is 0 Å². The minimum atomic E-state index is 0.169. The number of carbonyl (C=O) groups is 1. The average Bonchev–Trinajstić information content (AvgIpc) is 3.27. The first-order valence-corrected chi connectivity index (χ1v) is 8.16. The van der Waals surface area contributed by atoms with Gasteiger partial charge >= 0.3 is 0 Å². The van der Waals surface area contributed by atoms with Crippen LogP contribution in [-0.2, 0) is 11.2 Å². The van der Waals surface area contributed by atoms with Crippen molar-refractivity contribution in [2.24, 2.45) is 0 Å². The predicted molar refractivity (Wildman–Crippen MR) is 89.4 cm³/mol. The molecule has 1 saturated heterocycles. The first-order valence-electron chi connectivity index (χ1n) is 8.16. The summed E-state index contributed by atoms with van der Waals surface area (Å²) < 4.78 is 5.32. The number of hydrogen-bond donors (Lipinski definition) is 0. The molecule has 1 aliphatic rings. The lowest BCUT2D eigenvalue weighted by Crippen LogP contribution is -2.28. The van der Waals surface area contributed by atoms with Crippen molar-refractivity contribution in [2.45, 2.75) is 19.3 Å². The van der Waals surface area contributed by atoms with E-state index in [1.807, 2.05) is 18.2 Å². The number of fused-ring (bicyclic) bond motifs is 1. The Morgan fingerprint density at radius 3 is 2.88 bits per heavy atom. The normalized spacial score (nSPS) is 15.2. The molecule has 4 rings (SSSR count). The molecular weight excluding hydrogens is 304 g/mol. The summed E-state index contributed by atoms with van der Waals surface area (Å²) in [4.78, 5) is 27.2. The number of Topliss-reactive ketones (excluding diaryl/α,β-unsaturated/α-hetero) is 1. The molecule has 0 atom stereocenters. The van der Waals surface area contributed by atoms with Crippen LogP contribution in [0.2, 0.25) is 0 Å². The maximum Gasteiger partial charge on any atom is 0.181 e. The number of rotatable bonds is 5. The molecule has 3 heterocycles. The molecule has 2 aromatic heterocycles. The van der Waals surface area contributed by atoms with Crippen molar-refractivity contribution in [3.05, 3.63) is 42.8 Å². The fourth-order valence-corrected chi connectivity index (χ4v) is 3.08. The Kier molecular flexibility index (Phi) is 4.04. The van der Waals surface area contributed by atoms with E-state index >= 15 is 0 Å². The van der Waals surface area contributed by atoms with Crippen LogP contribution in [0.3, 0.4) is 0 Å². The Balaban J connectivity index is 1.54. The van der Waals surface area contributed by atoms with Gasteiger partial charge in [0.05, 0.1) is 24.7 Å². The second-order valence-electron chi connectivity index (χ2n) is 6.12. The molecule has 6 heteroatoms. The van der Waals surface area contributed by atoms with Crippen molar-refractivity contribution in [3.8, 4) is 11.3 Å². The highest BCUT2D eigenvalue weighted by Gasteiger charge is 2.16. The van der Waals surface area contributed by atoms with Gasteiger partial charge in [-0.3, -0.25) is 9.69 Å². The molecule has 0 aliphatic carbocycles. The molecule has 0 saturated carbocycles. The number of aromatic nitrogens is 3. The lowest BCUT2D eigenvalue weighted by Gasteiger charge is -2.12. The van der Waals surface area contributed by atoms with Gasteiger partial charge in [0.15, 0.2) is 17.9 Å². The zero-order chi connectivity index (χ0) is 16.4. The summed E-state index contributed by atoms with van der Waals surface area (Å²) in [5.41, 5.74) is 1.72. The van der Waals surface area contributed by atoms with Gasteiger partial charge in [0, 0.05) is 17.1 Å². The van der Waals surface area contributed by atoms with Crippen molar-refractivity contribution in [1.82, 2.24) is 19.9 Å². The molecule has 1 fully saturated rings. The topological polar surface area (TPSA) is 72.1 Å². The van der Waals surface area contributed by atoms with Crippen molar-refractivity contribution in [3.63, 3.8) is 0 Å². The van der Waals surface area contributed by atoms with E-state index in [4.69, 9.17) is 4.42 Å². The summed E-state index contributed by atoms with van der Waals surface area (Å²) in [5, 5.41) is 0.939. The summed E-state index contributed by atoms with van der Waals surface area (Å²) in [6, 6.07) is 5.83. The highest BCUT2D eigenvalue weighted by Crippen LogP contribution is 2.22. The van der Waals surface area contributed by atoms with Crippen LogP contribution >= 0.6 is 0 Å². The van der Waals surface area contributed by atoms with Crippen molar-refractivity contribution < 1.29 is 9.21 Å². The Bertz CT molecular complexity index is 855. The lowest BCUT2D eigenvalue weighted by molar-refractivity contribution is -0.119. The fourth-order valence-electron chi connectivity index (χ4n) is 3.08. The van der Waals surface area contributed by atoms with Gasteiger partial charge in [0.2, 0.25) is 0 Å². The van der Waals surface area contributed by atoms with Gasteiger partial charge in [-0.2, -0.15) is 0 Å². The van der Waals surface area contributed by atoms with Gasteiger partial charge in [0.25, 0.3) is 0 Å². The SMILES string of the molecule is O=C(Cc1ncc2ccc(-c3cnco3)cc2n1)CN1CCCC1. The van der Waals surface area contributed by atoms with E-state index in [1.54, 1.807) is 12.4 Å². The van der Waals surface area contributed by atoms with Crippen LogP contribution in [0.1, 0.15) is 18.7 Å². The van der Waals surface area contributed by atoms with Crippen LogP contribution in [0.5, 0.6) is 0 Å². The smallest absolute Gasteiger partial charge is 0.181 e. The molecule has 6 nitrogen and oxygen atoms in total. The second-order valence-corrected chi connectivity index (χ2v) is 6.12. The maximum atomic E-state index is 12.2. The molecule has 0 bridgehead atoms. The standard InChI is InChI=1S/C18H18N4O2/c23-15(11-22-5-1-2-6-22)8-18-20-9-14-4-3-13(7-16(14)21-18)17-10-19-12-24-17/h3-4,7,9-10,12H,1-2,5-6,8,11H2. The number of likely N-dealkylation sites (tertiary alicyclic amines) is 1. The number of ketones is 1. The molecule has 0 N–H and O–H groups in total. The molecule has 122 valence electrons. The highest BCUT2D eigenvalue weighted by molar-refractivity contribution is 5.84. The Morgan fingerprint density at radius 1 is 1.21 bits per heavy atom. The Labute approximate surface area is 139 Å². The number of carbonyl (C=O) groups excluding carboxylic acids is 1. The molecule has 24 heavy (non-hydrogen) atoms. The van der Waals surface area contributed by atoms with Crippen molar-refractivity contribution in [1.29, 1.82) is 0 Å². The van der Waals surface area contributed by atoms with E-state index in [2.05, 4.69) is 19.9 Å². The van der Waals surface area contributed by atoms with Gasteiger partial charge in [-0.15, -0.1) is 0 Å². The van der Waals surface area contributed by atoms with Crippen LogP contribution in [0, 0.1) is 0 Å². The van der Waals surface area contributed by atoms with Gasteiger partial charge < -0.3 is 4.42 Å². The van der Waals surface area contributed by atoms with Crippen LogP contribution < -0.4 is 0 Å². The molecule has 0 spiro atoms. The van der Waals surface area contributed by atoms with Gasteiger partial charge in [-0.1, -0.05) is 12.1 Å². The molecule has 1 aliphatic heterocycles. The second kappa shape index (κ2) is 6.49. The molecular formula is C18H18N4O2. The van der Waals surface area contributed by atoms with Crippen molar-refractivity contribution in [2.75, 3.05) is 19.6 Å². The van der Waals surface area contributed by atoms with E-state index in [-0.39, 0.29) is 12.2 Å². The summed E-state index contributed by atoms with van der Waals surface area (Å²) in [7, 11) is 0. The third kappa shape index (κ3) is 3.19. The predicted octanol–water partition coefficient (Wildman–Crippen LogP) is 2.49. The molecule has 0 amide bonds. The zero-order valence-corrected chi connectivity index (χ0v) is 13.3. The molecule has 3 aromatic rings. The third-order valence-electron chi connectivity index (χ3n) is 4.30. The lowest BCUT2D eigenvalue weighted by atomic mass is 10.1. The minimum absolute atomic E-state index is 0.169. The maximum absolute atomic E-state index is 12.2. The minimum Gasteiger partial charge on any atom is -0.444 e. The van der Waals surface area contributed by atoms with Gasteiger partial charge in [-0.25, -0.2) is 15.0 Å². The number of benzene rings is 1. The van der Waals surface area contributed by atoms with E-state index in [9.17, 15) is 4.79 Å². The highest BCUT2D eigenvalue weighted by atomic mass is 16.3. The Morgan fingerprint density at radius 2 is 2.08 bits per heavy atom. The van der Waals surface area contributed by atoms with Crippen LogP contribution in [0.25, 0.3) is 22.2 Å².